The number of carbonyl (C=O) groups is 1. The van der Waals surface area contributed by atoms with Crippen molar-refractivity contribution in [2.75, 3.05) is 13.2 Å². The van der Waals surface area contributed by atoms with Gasteiger partial charge in [0.25, 0.3) is 0 Å². The van der Waals surface area contributed by atoms with Gasteiger partial charge in [0.2, 0.25) is 0 Å². The third-order valence-electron chi connectivity index (χ3n) is 6.78. The van der Waals surface area contributed by atoms with Crippen LogP contribution in [0.25, 0.3) is 34.2 Å². The van der Waals surface area contributed by atoms with Crippen LogP contribution >= 0.6 is 0 Å². The lowest BCUT2D eigenvalue weighted by atomic mass is 9.82. The lowest BCUT2D eigenvalue weighted by molar-refractivity contribution is -0.150. The molecule has 1 aliphatic rings. The minimum atomic E-state index is -0.142. The quantitative estimate of drug-likeness (QED) is 0.219. The van der Waals surface area contributed by atoms with E-state index in [2.05, 4.69) is 21.9 Å². The summed E-state index contributed by atoms with van der Waals surface area (Å²) < 4.78 is 11.2. The van der Waals surface area contributed by atoms with E-state index in [0.717, 1.165) is 30.4 Å². The highest BCUT2D eigenvalue weighted by Crippen LogP contribution is 2.33. The van der Waals surface area contributed by atoms with E-state index in [0.29, 0.717) is 34.7 Å². The van der Waals surface area contributed by atoms with Crippen LogP contribution in [0, 0.1) is 11.8 Å². The number of hydrogen-bond acceptors (Lipinski definition) is 7. The first kappa shape index (κ1) is 25.4. The van der Waals surface area contributed by atoms with Crippen molar-refractivity contribution in [1.82, 2.24) is 15.0 Å². The summed E-state index contributed by atoms with van der Waals surface area (Å²) in [6, 6.07) is 24.3. The van der Waals surface area contributed by atoms with Gasteiger partial charge in [-0.2, -0.15) is 0 Å². The Balaban J connectivity index is 1.30. The first-order valence-electron chi connectivity index (χ1n) is 13.1. The molecule has 1 heterocycles. The van der Waals surface area contributed by atoms with Gasteiger partial charge in [-0.05, 0) is 30.9 Å². The summed E-state index contributed by atoms with van der Waals surface area (Å²) >= 11 is 0. The fourth-order valence-electron chi connectivity index (χ4n) is 4.79. The zero-order chi connectivity index (χ0) is 26.3. The van der Waals surface area contributed by atoms with Crippen molar-refractivity contribution in [3.05, 3.63) is 78.9 Å². The van der Waals surface area contributed by atoms with Crippen LogP contribution in [0.2, 0.25) is 0 Å². The van der Waals surface area contributed by atoms with Gasteiger partial charge in [-0.1, -0.05) is 80.4 Å². The highest BCUT2D eigenvalue weighted by atomic mass is 16.6. The first-order chi connectivity index (χ1) is 18.6. The monoisotopic (exact) mass is 509 g/mol. The molecule has 0 saturated heterocycles. The van der Waals surface area contributed by atoms with Crippen LogP contribution in [0.5, 0.6) is 11.5 Å². The molecule has 1 aromatic heterocycles. The lowest BCUT2D eigenvalue weighted by Gasteiger charge is -2.25. The Morgan fingerprint density at radius 2 is 1.47 bits per heavy atom. The van der Waals surface area contributed by atoms with Crippen LogP contribution in [0.15, 0.2) is 78.9 Å². The second-order valence-corrected chi connectivity index (χ2v) is 9.70. The number of ether oxygens (including phenoxy) is 2. The summed E-state index contributed by atoms with van der Waals surface area (Å²) in [5.41, 5.74) is 2.17. The van der Waals surface area contributed by atoms with Gasteiger partial charge in [0.15, 0.2) is 17.5 Å². The summed E-state index contributed by atoms with van der Waals surface area (Å²) in [7, 11) is 0. The number of phenolic OH excluding ortho intramolecular Hbond substituents is 1. The zero-order valence-electron chi connectivity index (χ0n) is 21.4. The van der Waals surface area contributed by atoms with Gasteiger partial charge < -0.3 is 14.6 Å². The molecule has 0 spiro atoms. The molecule has 2 unspecified atom stereocenters. The van der Waals surface area contributed by atoms with E-state index in [9.17, 15) is 9.90 Å². The third kappa shape index (κ3) is 6.17. The predicted molar refractivity (Wildman–Crippen MR) is 145 cm³/mol. The molecule has 3 aromatic carbocycles. The van der Waals surface area contributed by atoms with Crippen molar-refractivity contribution in [2.45, 2.75) is 32.6 Å². The molecule has 1 aliphatic carbocycles. The van der Waals surface area contributed by atoms with Gasteiger partial charge in [0, 0.05) is 17.2 Å². The van der Waals surface area contributed by atoms with E-state index in [1.807, 2.05) is 60.7 Å². The Kier molecular flexibility index (Phi) is 7.92. The van der Waals surface area contributed by atoms with Crippen LogP contribution in [0.4, 0.5) is 0 Å². The molecule has 0 amide bonds. The van der Waals surface area contributed by atoms with Crippen molar-refractivity contribution in [1.29, 1.82) is 0 Å². The summed E-state index contributed by atoms with van der Waals surface area (Å²) in [5, 5.41) is 10.8. The van der Waals surface area contributed by atoms with E-state index < -0.39 is 0 Å². The van der Waals surface area contributed by atoms with Gasteiger partial charge in [-0.3, -0.25) is 4.79 Å². The molecule has 1 saturated carbocycles. The first-order valence-corrected chi connectivity index (χ1v) is 13.1. The summed E-state index contributed by atoms with van der Waals surface area (Å²) in [6.07, 6.45) is 4.04. The fourth-order valence-corrected chi connectivity index (χ4v) is 4.79. The molecule has 38 heavy (non-hydrogen) atoms. The summed E-state index contributed by atoms with van der Waals surface area (Å²) in [5.74, 6) is 2.26. The van der Waals surface area contributed by atoms with E-state index >= 15 is 0 Å². The van der Waals surface area contributed by atoms with Gasteiger partial charge in [-0.25, -0.2) is 15.0 Å². The van der Waals surface area contributed by atoms with Crippen LogP contribution in [-0.2, 0) is 9.53 Å². The molecule has 7 heteroatoms. The topological polar surface area (TPSA) is 94.4 Å². The molecular formula is C31H31N3O4. The molecule has 0 radical (unpaired) electrons. The van der Waals surface area contributed by atoms with Crippen molar-refractivity contribution < 1.29 is 19.4 Å². The molecule has 1 N–H and O–H groups in total. The lowest BCUT2D eigenvalue weighted by Crippen LogP contribution is -2.25. The molecule has 4 aromatic rings. The van der Waals surface area contributed by atoms with Crippen LogP contribution in [0.3, 0.4) is 0 Å². The maximum atomic E-state index is 12.3. The highest BCUT2D eigenvalue weighted by Gasteiger charge is 2.26. The third-order valence-corrected chi connectivity index (χ3v) is 6.78. The molecule has 194 valence electrons. The normalized spacial score (nSPS) is 17.1. The maximum absolute atomic E-state index is 12.3. The smallest absolute Gasteiger partial charge is 0.309 e. The fraction of sp³-hybridized carbons (Fsp3) is 0.290. The molecular weight excluding hydrogens is 478 g/mol. The molecule has 7 nitrogen and oxygen atoms in total. The maximum Gasteiger partial charge on any atom is 0.309 e. The Bertz CT molecular complexity index is 1320. The number of rotatable bonds is 8. The number of benzene rings is 3. The van der Waals surface area contributed by atoms with Crippen molar-refractivity contribution >= 4 is 5.97 Å². The molecule has 1 fully saturated rings. The summed E-state index contributed by atoms with van der Waals surface area (Å²) in [4.78, 5) is 26.3. The van der Waals surface area contributed by atoms with Gasteiger partial charge in [0.05, 0.1) is 11.5 Å². The zero-order valence-corrected chi connectivity index (χ0v) is 21.4. The van der Waals surface area contributed by atoms with E-state index in [-0.39, 0.29) is 30.9 Å². The van der Waals surface area contributed by atoms with E-state index in [1.54, 1.807) is 12.1 Å². The van der Waals surface area contributed by atoms with Crippen LogP contribution in [-0.4, -0.2) is 39.2 Å². The SMILES string of the molecule is CC1CCCC(C(=O)OCCOc2ccc(-c3nc(-c4ccccc4)nc(-c4ccccc4)n3)c(O)c2)C1. The largest absolute Gasteiger partial charge is 0.507 e. The Hall–Kier alpha value is -4.26. The molecule has 0 aliphatic heterocycles. The Morgan fingerprint density at radius 3 is 2.08 bits per heavy atom. The second-order valence-electron chi connectivity index (χ2n) is 9.70. The Labute approximate surface area is 222 Å². The van der Waals surface area contributed by atoms with E-state index in [4.69, 9.17) is 9.47 Å². The molecule has 5 rings (SSSR count). The van der Waals surface area contributed by atoms with Crippen molar-refractivity contribution in [3.63, 3.8) is 0 Å². The number of hydrogen-bond donors (Lipinski definition) is 1. The number of esters is 1. The van der Waals surface area contributed by atoms with Crippen molar-refractivity contribution in [3.8, 4) is 45.7 Å². The number of aromatic nitrogens is 3. The van der Waals surface area contributed by atoms with Gasteiger partial charge in [-0.15, -0.1) is 0 Å². The average molecular weight is 510 g/mol. The number of phenols is 1. The minimum Gasteiger partial charge on any atom is -0.507 e. The number of aromatic hydroxyl groups is 1. The highest BCUT2D eigenvalue weighted by molar-refractivity contribution is 5.72. The van der Waals surface area contributed by atoms with Gasteiger partial charge >= 0.3 is 5.97 Å². The van der Waals surface area contributed by atoms with Crippen LogP contribution < -0.4 is 4.74 Å². The summed E-state index contributed by atoms with van der Waals surface area (Å²) in [6.45, 7) is 2.55. The van der Waals surface area contributed by atoms with Crippen molar-refractivity contribution in [2.24, 2.45) is 11.8 Å². The number of nitrogens with zero attached hydrogens (tertiary/aromatic N) is 3. The Morgan fingerprint density at radius 1 is 0.842 bits per heavy atom. The predicted octanol–water partition coefficient (Wildman–Crippen LogP) is 6.33. The minimum absolute atomic E-state index is 0.0102. The molecule has 2 atom stereocenters. The number of carbonyl (C=O) groups excluding carboxylic acids is 1. The second kappa shape index (κ2) is 11.9. The molecule has 0 bridgehead atoms. The van der Waals surface area contributed by atoms with Crippen LogP contribution in [0.1, 0.15) is 32.6 Å². The average Bonchev–Trinajstić information content (AvgIpc) is 2.96. The van der Waals surface area contributed by atoms with E-state index in [1.165, 1.54) is 12.5 Å². The van der Waals surface area contributed by atoms with Gasteiger partial charge in [0.1, 0.15) is 24.7 Å². The standard InChI is InChI=1S/C31H31N3O4/c1-21-9-8-14-24(19-21)31(36)38-18-17-37-25-15-16-26(27(35)20-25)30-33-28(22-10-4-2-5-11-22)32-29(34-30)23-12-6-3-7-13-23/h2-7,10-13,15-16,20-21,24,35H,8-9,14,17-19H2,1H3.